The maximum Gasteiger partial charge on any atom is 0.267 e. The predicted molar refractivity (Wildman–Crippen MR) is 80.0 cm³/mol. The van der Waals surface area contributed by atoms with Crippen LogP contribution in [0.5, 0.6) is 0 Å². The van der Waals surface area contributed by atoms with Gasteiger partial charge in [0.25, 0.3) is 5.91 Å². The van der Waals surface area contributed by atoms with Gasteiger partial charge in [-0.3, -0.25) is 19.7 Å². The van der Waals surface area contributed by atoms with Crippen LogP contribution in [0.2, 0.25) is 0 Å². The molecule has 1 aliphatic heterocycles. The first kappa shape index (κ1) is 13.6. The van der Waals surface area contributed by atoms with Gasteiger partial charge in [-0.1, -0.05) is 11.6 Å². The second-order valence-corrected chi connectivity index (χ2v) is 6.03. The Morgan fingerprint density at radius 3 is 2.62 bits per heavy atom. The molecule has 21 heavy (non-hydrogen) atoms. The number of carbonyl (C=O) groups is 3. The fourth-order valence-corrected chi connectivity index (χ4v) is 3.38. The SMILES string of the molecule is Cc1ccc2sc(C(=O)N3CC(=O)NC(=O)C3)c(N)c2c1. The maximum absolute atomic E-state index is 12.5. The lowest BCUT2D eigenvalue weighted by Crippen LogP contribution is -2.53. The van der Waals surface area contributed by atoms with Crippen LogP contribution < -0.4 is 11.1 Å². The Kier molecular flexibility index (Phi) is 3.13. The van der Waals surface area contributed by atoms with Crippen LogP contribution in [0.3, 0.4) is 0 Å². The molecule has 1 aromatic heterocycles. The van der Waals surface area contributed by atoms with Crippen molar-refractivity contribution in [1.82, 2.24) is 10.2 Å². The predicted octanol–water partition coefficient (Wildman–Crippen LogP) is 0.891. The molecule has 2 aromatic rings. The summed E-state index contributed by atoms with van der Waals surface area (Å²) in [5.41, 5.74) is 7.52. The zero-order chi connectivity index (χ0) is 15.1. The van der Waals surface area contributed by atoms with Crippen LogP contribution in [-0.4, -0.2) is 35.7 Å². The van der Waals surface area contributed by atoms with Crippen LogP contribution >= 0.6 is 11.3 Å². The number of nitrogens with zero attached hydrogens (tertiary/aromatic N) is 1. The zero-order valence-corrected chi connectivity index (χ0v) is 12.1. The summed E-state index contributed by atoms with van der Waals surface area (Å²) >= 11 is 1.28. The van der Waals surface area contributed by atoms with Gasteiger partial charge in [-0.2, -0.15) is 0 Å². The van der Waals surface area contributed by atoms with E-state index < -0.39 is 11.8 Å². The van der Waals surface area contributed by atoms with Gasteiger partial charge in [0.05, 0.1) is 5.69 Å². The topological polar surface area (TPSA) is 92.5 Å². The summed E-state index contributed by atoms with van der Waals surface area (Å²) in [6, 6.07) is 5.78. The lowest BCUT2D eigenvalue weighted by molar-refractivity contribution is -0.135. The first-order valence-electron chi connectivity index (χ1n) is 6.36. The van der Waals surface area contributed by atoms with Crippen molar-refractivity contribution in [1.29, 1.82) is 0 Å². The molecular formula is C14H13N3O3S. The molecule has 0 bridgehead atoms. The van der Waals surface area contributed by atoms with Crippen molar-refractivity contribution in [3.63, 3.8) is 0 Å². The fourth-order valence-electron chi connectivity index (χ4n) is 2.31. The Bertz CT molecular complexity index is 765. The van der Waals surface area contributed by atoms with E-state index in [1.165, 1.54) is 16.2 Å². The standard InChI is InChI=1S/C14H13N3O3S/c1-7-2-3-9-8(4-7)12(15)13(21-9)14(20)17-5-10(18)16-11(19)6-17/h2-4H,5-6,15H2,1H3,(H,16,18,19). The van der Waals surface area contributed by atoms with Gasteiger partial charge in [0, 0.05) is 10.1 Å². The number of carbonyl (C=O) groups excluding carboxylic acids is 3. The summed E-state index contributed by atoms with van der Waals surface area (Å²) in [7, 11) is 0. The van der Waals surface area contributed by atoms with Gasteiger partial charge in [-0.05, 0) is 19.1 Å². The van der Waals surface area contributed by atoms with Gasteiger partial charge in [0.15, 0.2) is 0 Å². The third-order valence-corrected chi connectivity index (χ3v) is 4.49. The summed E-state index contributed by atoms with van der Waals surface area (Å²) < 4.78 is 0.911. The number of nitrogens with two attached hydrogens (primary N) is 1. The van der Waals surface area contributed by atoms with Crippen LogP contribution in [0.4, 0.5) is 5.69 Å². The summed E-state index contributed by atoms with van der Waals surface area (Å²) in [6.07, 6.45) is 0. The third-order valence-electron chi connectivity index (χ3n) is 3.31. The first-order chi connectivity index (χ1) is 9.95. The number of aryl methyl sites for hydroxylation is 1. The Balaban J connectivity index is 2.00. The van der Waals surface area contributed by atoms with Gasteiger partial charge in [0.1, 0.15) is 18.0 Å². The Hall–Kier alpha value is -2.41. The highest BCUT2D eigenvalue weighted by Gasteiger charge is 2.29. The molecule has 0 unspecified atom stereocenters. The van der Waals surface area contributed by atoms with Crippen LogP contribution in [0.1, 0.15) is 15.2 Å². The Morgan fingerprint density at radius 2 is 1.95 bits per heavy atom. The number of hydrogen-bond donors (Lipinski definition) is 2. The van der Waals surface area contributed by atoms with E-state index in [1.54, 1.807) is 0 Å². The molecular weight excluding hydrogens is 290 g/mol. The molecule has 0 saturated carbocycles. The number of nitrogens with one attached hydrogen (secondary N) is 1. The van der Waals surface area contributed by atoms with E-state index in [0.717, 1.165) is 15.6 Å². The summed E-state index contributed by atoms with van der Waals surface area (Å²) in [5.74, 6) is -1.33. The number of rotatable bonds is 1. The highest BCUT2D eigenvalue weighted by molar-refractivity contribution is 7.21. The molecule has 1 fully saturated rings. The largest absolute Gasteiger partial charge is 0.397 e. The van der Waals surface area contributed by atoms with Crippen LogP contribution in [0, 0.1) is 6.92 Å². The fraction of sp³-hybridized carbons (Fsp3) is 0.214. The Labute approximate surface area is 124 Å². The highest BCUT2D eigenvalue weighted by atomic mass is 32.1. The summed E-state index contributed by atoms with van der Waals surface area (Å²) in [4.78, 5) is 36.8. The van der Waals surface area contributed by atoms with Gasteiger partial charge < -0.3 is 10.6 Å². The van der Waals surface area contributed by atoms with Crippen molar-refractivity contribution < 1.29 is 14.4 Å². The molecule has 3 amide bonds. The lowest BCUT2D eigenvalue weighted by Gasteiger charge is -2.25. The van der Waals surface area contributed by atoms with Crippen molar-refractivity contribution in [3.05, 3.63) is 28.6 Å². The number of anilines is 1. The molecule has 1 saturated heterocycles. The zero-order valence-electron chi connectivity index (χ0n) is 11.3. The van der Waals surface area contributed by atoms with E-state index in [0.29, 0.717) is 10.6 Å². The molecule has 2 heterocycles. The van der Waals surface area contributed by atoms with Crippen molar-refractivity contribution in [2.24, 2.45) is 0 Å². The molecule has 108 valence electrons. The van der Waals surface area contributed by atoms with E-state index in [1.807, 2.05) is 25.1 Å². The lowest BCUT2D eigenvalue weighted by atomic mass is 10.1. The van der Waals surface area contributed by atoms with E-state index in [-0.39, 0.29) is 19.0 Å². The molecule has 1 aromatic carbocycles. The molecule has 3 N–H and O–H groups in total. The van der Waals surface area contributed by atoms with E-state index in [4.69, 9.17) is 5.73 Å². The van der Waals surface area contributed by atoms with E-state index in [2.05, 4.69) is 5.32 Å². The summed E-state index contributed by atoms with van der Waals surface area (Å²) in [6.45, 7) is 1.69. The second kappa shape index (κ2) is 4.85. The monoisotopic (exact) mass is 303 g/mol. The maximum atomic E-state index is 12.5. The molecule has 0 spiro atoms. The van der Waals surface area contributed by atoms with E-state index in [9.17, 15) is 14.4 Å². The second-order valence-electron chi connectivity index (χ2n) is 4.98. The normalized spacial score (nSPS) is 15.4. The average molecular weight is 303 g/mol. The molecule has 6 nitrogen and oxygen atoms in total. The first-order valence-corrected chi connectivity index (χ1v) is 7.18. The number of imide groups is 1. The van der Waals surface area contributed by atoms with Gasteiger partial charge in [-0.25, -0.2) is 0 Å². The molecule has 1 aliphatic rings. The summed E-state index contributed by atoms with van der Waals surface area (Å²) in [5, 5.41) is 2.99. The van der Waals surface area contributed by atoms with E-state index >= 15 is 0 Å². The van der Waals surface area contributed by atoms with Crippen LogP contribution in [0.15, 0.2) is 18.2 Å². The van der Waals surface area contributed by atoms with Crippen molar-refractivity contribution in [3.8, 4) is 0 Å². The molecule has 3 rings (SSSR count). The van der Waals surface area contributed by atoms with Crippen molar-refractivity contribution >= 4 is 44.8 Å². The van der Waals surface area contributed by atoms with Gasteiger partial charge >= 0.3 is 0 Å². The number of hydrogen-bond acceptors (Lipinski definition) is 5. The number of amides is 3. The molecule has 7 heteroatoms. The average Bonchev–Trinajstić information content (AvgIpc) is 2.74. The minimum atomic E-state index is -0.477. The minimum Gasteiger partial charge on any atom is -0.397 e. The number of piperazine rings is 1. The molecule has 0 atom stereocenters. The minimum absolute atomic E-state index is 0.128. The van der Waals surface area contributed by atoms with Crippen molar-refractivity contribution in [2.75, 3.05) is 18.8 Å². The van der Waals surface area contributed by atoms with Crippen LogP contribution in [0.25, 0.3) is 10.1 Å². The quantitative estimate of drug-likeness (QED) is 0.765. The number of nitrogen functional groups attached to an aromatic ring is 1. The third kappa shape index (κ3) is 2.36. The smallest absolute Gasteiger partial charge is 0.267 e. The van der Waals surface area contributed by atoms with Crippen molar-refractivity contribution in [2.45, 2.75) is 6.92 Å². The van der Waals surface area contributed by atoms with Gasteiger partial charge in [0.2, 0.25) is 11.8 Å². The number of benzene rings is 1. The van der Waals surface area contributed by atoms with Gasteiger partial charge in [-0.15, -0.1) is 11.3 Å². The number of thiophene rings is 1. The molecule has 0 radical (unpaired) electrons. The number of fused-ring (bicyclic) bond motifs is 1. The van der Waals surface area contributed by atoms with Crippen LogP contribution in [-0.2, 0) is 9.59 Å². The Morgan fingerprint density at radius 1 is 1.29 bits per heavy atom. The molecule has 0 aliphatic carbocycles. The highest BCUT2D eigenvalue weighted by Crippen LogP contribution is 2.35.